The maximum atomic E-state index is 12.9. The number of carbonyl (C=O) groups is 1. The zero-order valence-electron chi connectivity index (χ0n) is 14.4. The van der Waals surface area contributed by atoms with Gasteiger partial charge in [0.1, 0.15) is 5.82 Å². The topological polar surface area (TPSA) is 52.6 Å². The average molecular weight is 317 g/mol. The lowest BCUT2D eigenvalue weighted by Gasteiger charge is -2.34. The van der Waals surface area contributed by atoms with Crippen molar-refractivity contribution in [2.24, 2.45) is 11.8 Å². The molecule has 3 heterocycles. The molecular formula is C17H27N5O. The average Bonchev–Trinajstić information content (AvgIpc) is 2.97. The zero-order valence-corrected chi connectivity index (χ0v) is 14.4. The Labute approximate surface area is 138 Å². The van der Waals surface area contributed by atoms with Crippen molar-refractivity contribution < 1.29 is 4.79 Å². The summed E-state index contributed by atoms with van der Waals surface area (Å²) in [6.07, 6.45) is 7.20. The van der Waals surface area contributed by atoms with E-state index in [0.717, 1.165) is 44.8 Å². The fraction of sp³-hybridized carbons (Fsp3) is 0.706. The predicted molar refractivity (Wildman–Crippen MR) is 90.2 cm³/mol. The minimum atomic E-state index is 0.0823. The molecule has 0 radical (unpaired) electrons. The van der Waals surface area contributed by atoms with Crippen molar-refractivity contribution in [2.75, 3.05) is 45.2 Å². The van der Waals surface area contributed by atoms with Crippen LogP contribution in [-0.2, 0) is 4.79 Å². The monoisotopic (exact) mass is 317 g/mol. The van der Waals surface area contributed by atoms with Crippen molar-refractivity contribution in [2.45, 2.75) is 25.8 Å². The summed E-state index contributed by atoms with van der Waals surface area (Å²) in [6.45, 7) is 5.69. The van der Waals surface area contributed by atoms with Crippen LogP contribution in [-0.4, -0.2) is 72.0 Å². The number of hydrogen-bond donors (Lipinski definition) is 0. The van der Waals surface area contributed by atoms with E-state index < -0.39 is 0 Å². The van der Waals surface area contributed by atoms with Gasteiger partial charge in [-0.3, -0.25) is 9.78 Å². The molecule has 2 fully saturated rings. The first-order valence-corrected chi connectivity index (χ1v) is 8.52. The Kier molecular flexibility index (Phi) is 4.80. The molecule has 3 atom stereocenters. The number of amides is 1. The van der Waals surface area contributed by atoms with Gasteiger partial charge in [0, 0.05) is 44.6 Å². The molecule has 1 amide bonds. The molecule has 2 saturated heterocycles. The maximum absolute atomic E-state index is 12.9. The van der Waals surface area contributed by atoms with Crippen molar-refractivity contribution in [1.29, 1.82) is 0 Å². The molecule has 3 rings (SSSR count). The third-order valence-electron chi connectivity index (χ3n) is 5.19. The van der Waals surface area contributed by atoms with E-state index in [1.807, 2.05) is 0 Å². The van der Waals surface area contributed by atoms with E-state index in [1.54, 1.807) is 18.6 Å². The lowest BCUT2D eigenvalue weighted by molar-refractivity contribution is -0.135. The van der Waals surface area contributed by atoms with Crippen LogP contribution < -0.4 is 4.90 Å². The van der Waals surface area contributed by atoms with Crippen molar-refractivity contribution in [1.82, 2.24) is 19.8 Å². The van der Waals surface area contributed by atoms with Gasteiger partial charge in [-0.15, -0.1) is 0 Å². The van der Waals surface area contributed by atoms with Gasteiger partial charge in [-0.05, 0) is 32.9 Å². The fourth-order valence-electron chi connectivity index (χ4n) is 3.90. The third-order valence-corrected chi connectivity index (χ3v) is 5.19. The summed E-state index contributed by atoms with van der Waals surface area (Å²) < 4.78 is 0. The van der Waals surface area contributed by atoms with Crippen LogP contribution in [0.25, 0.3) is 0 Å². The molecule has 1 aromatic rings. The van der Waals surface area contributed by atoms with E-state index in [2.05, 4.69) is 45.7 Å². The van der Waals surface area contributed by atoms with E-state index in [0.29, 0.717) is 17.9 Å². The third kappa shape index (κ3) is 3.47. The molecule has 0 N–H and O–H groups in total. The molecule has 0 unspecified atom stereocenters. The number of carbonyl (C=O) groups excluding carboxylic acids is 1. The molecule has 6 heteroatoms. The molecule has 2 aliphatic heterocycles. The fourth-order valence-corrected chi connectivity index (χ4v) is 3.90. The van der Waals surface area contributed by atoms with Crippen LogP contribution in [0.5, 0.6) is 0 Å². The highest BCUT2D eigenvalue weighted by Gasteiger charge is 2.37. The SMILES string of the molecule is C[C@@H]1CN(C(=O)[C@H]2CCCN(c3cnccn3)C2)C[C@@H]1N(C)C. The second kappa shape index (κ2) is 6.83. The second-order valence-electron chi connectivity index (χ2n) is 7.10. The molecule has 0 aliphatic carbocycles. The Morgan fingerprint density at radius 2 is 2.09 bits per heavy atom. The molecule has 0 spiro atoms. The number of nitrogens with zero attached hydrogens (tertiary/aromatic N) is 5. The quantitative estimate of drug-likeness (QED) is 0.836. The summed E-state index contributed by atoms with van der Waals surface area (Å²) in [5.41, 5.74) is 0. The van der Waals surface area contributed by atoms with Crippen LogP contribution in [0, 0.1) is 11.8 Å². The largest absolute Gasteiger partial charge is 0.355 e. The predicted octanol–water partition coefficient (Wildman–Crippen LogP) is 1.10. The number of aromatic nitrogens is 2. The number of likely N-dealkylation sites (tertiary alicyclic amines) is 1. The lowest BCUT2D eigenvalue weighted by Crippen LogP contribution is -2.45. The number of hydrogen-bond acceptors (Lipinski definition) is 5. The van der Waals surface area contributed by atoms with Crippen LogP contribution in [0.3, 0.4) is 0 Å². The molecule has 0 bridgehead atoms. The van der Waals surface area contributed by atoms with Gasteiger partial charge in [0.15, 0.2) is 0 Å². The molecule has 23 heavy (non-hydrogen) atoms. The molecule has 0 aromatic carbocycles. The van der Waals surface area contributed by atoms with Gasteiger partial charge in [0.2, 0.25) is 5.91 Å². The van der Waals surface area contributed by atoms with Crippen LogP contribution in [0.2, 0.25) is 0 Å². The number of likely N-dealkylation sites (N-methyl/N-ethyl adjacent to an activating group) is 1. The molecular weight excluding hydrogens is 290 g/mol. The first-order chi connectivity index (χ1) is 11.1. The number of piperidine rings is 1. The lowest BCUT2D eigenvalue weighted by atomic mass is 9.96. The van der Waals surface area contributed by atoms with Crippen molar-refractivity contribution in [3.63, 3.8) is 0 Å². The smallest absolute Gasteiger partial charge is 0.227 e. The van der Waals surface area contributed by atoms with E-state index in [1.165, 1.54) is 0 Å². The summed E-state index contributed by atoms with van der Waals surface area (Å²) in [6, 6.07) is 0.471. The van der Waals surface area contributed by atoms with Gasteiger partial charge in [0.05, 0.1) is 12.1 Å². The normalized spacial score (nSPS) is 28.4. The van der Waals surface area contributed by atoms with Crippen molar-refractivity contribution in [3.8, 4) is 0 Å². The summed E-state index contributed by atoms with van der Waals surface area (Å²) >= 11 is 0. The standard InChI is InChI=1S/C17H27N5O/c1-13-10-22(12-15(13)20(2)3)17(23)14-5-4-8-21(11-14)16-9-18-6-7-19-16/h6-7,9,13-15H,4-5,8,10-12H2,1-3H3/t13-,14+,15+/m1/s1. The molecule has 2 aliphatic rings. The maximum Gasteiger partial charge on any atom is 0.227 e. The Morgan fingerprint density at radius 1 is 1.26 bits per heavy atom. The Morgan fingerprint density at radius 3 is 2.74 bits per heavy atom. The Balaban J connectivity index is 1.64. The number of anilines is 1. The minimum absolute atomic E-state index is 0.0823. The second-order valence-corrected chi connectivity index (χ2v) is 7.10. The van der Waals surface area contributed by atoms with E-state index >= 15 is 0 Å². The Bertz CT molecular complexity index is 535. The number of rotatable bonds is 3. The van der Waals surface area contributed by atoms with Gasteiger partial charge in [0.25, 0.3) is 0 Å². The first kappa shape index (κ1) is 16.2. The summed E-state index contributed by atoms with van der Waals surface area (Å²) in [7, 11) is 4.21. The highest BCUT2D eigenvalue weighted by atomic mass is 16.2. The van der Waals surface area contributed by atoms with Crippen molar-refractivity contribution in [3.05, 3.63) is 18.6 Å². The highest BCUT2D eigenvalue weighted by molar-refractivity contribution is 5.80. The van der Waals surface area contributed by atoms with Gasteiger partial charge < -0.3 is 14.7 Å². The van der Waals surface area contributed by atoms with Crippen LogP contribution in [0.15, 0.2) is 18.6 Å². The first-order valence-electron chi connectivity index (χ1n) is 8.52. The van der Waals surface area contributed by atoms with Gasteiger partial charge >= 0.3 is 0 Å². The summed E-state index contributed by atoms with van der Waals surface area (Å²) in [5.74, 6) is 1.81. The minimum Gasteiger partial charge on any atom is -0.355 e. The van der Waals surface area contributed by atoms with E-state index in [-0.39, 0.29) is 5.92 Å². The van der Waals surface area contributed by atoms with Crippen LogP contribution >= 0.6 is 0 Å². The Hall–Kier alpha value is -1.69. The van der Waals surface area contributed by atoms with Crippen LogP contribution in [0.4, 0.5) is 5.82 Å². The molecule has 0 saturated carbocycles. The molecule has 6 nitrogen and oxygen atoms in total. The molecule has 1 aromatic heterocycles. The summed E-state index contributed by atoms with van der Waals surface area (Å²) in [5, 5.41) is 0. The van der Waals surface area contributed by atoms with Crippen LogP contribution in [0.1, 0.15) is 19.8 Å². The van der Waals surface area contributed by atoms with E-state index in [9.17, 15) is 4.79 Å². The van der Waals surface area contributed by atoms with Gasteiger partial charge in [-0.25, -0.2) is 4.98 Å². The molecule has 126 valence electrons. The van der Waals surface area contributed by atoms with Crippen molar-refractivity contribution >= 4 is 11.7 Å². The summed E-state index contributed by atoms with van der Waals surface area (Å²) in [4.78, 5) is 28.0. The van der Waals surface area contributed by atoms with E-state index in [4.69, 9.17) is 0 Å². The van der Waals surface area contributed by atoms with Gasteiger partial charge in [-0.2, -0.15) is 0 Å². The zero-order chi connectivity index (χ0) is 16.4. The highest BCUT2D eigenvalue weighted by Crippen LogP contribution is 2.26. The van der Waals surface area contributed by atoms with Gasteiger partial charge in [-0.1, -0.05) is 6.92 Å².